The maximum Gasteiger partial charge on any atom is 0.331 e. The number of fused-ring (bicyclic) bond motifs is 5. The van der Waals surface area contributed by atoms with Crippen LogP contribution >= 0.6 is 0 Å². The summed E-state index contributed by atoms with van der Waals surface area (Å²) in [4.78, 5) is 24.1. The molecule has 0 radical (unpaired) electrons. The number of esters is 1. The summed E-state index contributed by atoms with van der Waals surface area (Å²) in [6, 6.07) is 0. The van der Waals surface area contributed by atoms with Gasteiger partial charge in [-0.3, -0.25) is 0 Å². The van der Waals surface area contributed by atoms with Crippen LogP contribution in [0.25, 0.3) is 0 Å². The minimum absolute atomic E-state index is 0.0504. The average molecular weight is 405 g/mol. The molecule has 6 nitrogen and oxygen atoms in total. The molecule has 0 amide bonds. The van der Waals surface area contributed by atoms with Gasteiger partial charge in [-0.05, 0) is 74.7 Å². The molecular formula is C23H32O6. The van der Waals surface area contributed by atoms with Gasteiger partial charge in [0.15, 0.2) is 0 Å². The molecule has 0 aromatic carbocycles. The Bertz CT molecular complexity index is 777. The molecule has 0 bridgehead atoms. The maximum absolute atomic E-state index is 12.5. The lowest BCUT2D eigenvalue weighted by Crippen LogP contribution is -2.68. The zero-order valence-electron chi connectivity index (χ0n) is 17.1. The number of aliphatic hydroxyl groups excluding tert-OH is 1. The second-order valence-corrected chi connectivity index (χ2v) is 10.6. The third-order valence-electron chi connectivity index (χ3n) is 9.85. The van der Waals surface area contributed by atoms with Gasteiger partial charge in [0.05, 0.1) is 22.7 Å². The molecule has 1 aliphatic heterocycles. The van der Waals surface area contributed by atoms with E-state index in [2.05, 4.69) is 6.92 Å². The summed E-state index contributed by atoms with van der Waals surface area (Å²) in [5, 5.41) is 33.7. The monoisotopic (exact) mass is 404 g/mol. The van der Waals surface area contributed by atoms with Gasteiger partial charge in [-0.15, -0.1) is 0 Å². The quantitative estimate of drug-likeness (QED) is 0.480. The highest BCUT2D eigenvalue weighted by Gasteiger charge is 2.71. The van der Waals surface area contributed by atoms with Gasteiger partial charge in [0, 0.05) is 17.9 Å². The molecule has 160 valence electrons. The zero-order valence-corrected chi connectivity index (χ0v) is 17.1. The van der Waals surface area contributed by atoms with Crippen molar-refractivity contribution in [3.63, 3.8) is 0 Å². The Labute approximate surface area is 171 Å². The Morgan fingerprint density at radius 1 is 1.07 bits per heavy atom. The van der Waals surface area contributed by atoms with Crippen molar-refractivity contribution in [1.82, 2.24) is 0 Å². The van der Waals surface area contributed by atoms with E-state index >= 15 is 0 Å². The second kappa shape index (κ2) is 6.14. The van der Waals surface area contributed by atoms with E-state index in [0.717, 1.165) is 31.1 Å². The van der Waals surface area contributed by atoms with Gasteiger partial charge in [0.1, 0.15) is 12.9 Å². The Hall–Kier alpha value is -1.24. The van der Waals surface area contributed by atoms with Crippen LogP contribution in [-0.4, -0.2) is 51.5 Å². The molecule has 4 aliphatic carbocycles. The molecule has 1 heterocycles. The van der Waals surface area contributed by atoms with Crippen molar-refractivity contribution in [1.29, 1.82) is 0 Å². The van der Waals surface area contributed by atoms with E-state index in [1.165, 1.54) is 0 Å². The number of hydrogen-bond donors (Lipinski definition) is 3. The molecule has 8 atom stereocenters. The van der Waals surface area contributed by atoms with Crippen molar-refractivity contribution in [2.75, 3.05) is 6.61 Å². The predicted octanol–water partition coefficient (Wildman–Crippen LogP) is 1.90. The van der Waals surface area contributed by atoms with Crippen molar-refractivity contribution < 1.29 is 29.6 Å². The van der Waals surface area contributed by atoms with Crippen LogP contribution in [0.2, 0.25) is 0 Å². The molecular weight excluding hydrogens is 372 g/mol. The highest BCUT2D eigenvalue weighted by Crippen LogP contribution is 2.70. The first-order valence-corrected chi connectivity index (χ1v) is 11.2. The standard InChI is InChI=1S/C23H32O6/c1-20-6-3-17-18(4-8-22(27)11-15(25)2-7-21(17,22)13-24)23(20,28)9-5-16(20)14-10-19(26)29-12-14/h10,13,15-18,25,27-28H,2-9,11-12H2,1H3/t15-,16+,17-,18+,20+,21-,22-,23-/m1/s1. The zero-order chi connectivity index (χ0) is 20.7. The molecule has 5 rings (SSSR count). The molecule has 0 saturated heterocycles. The SMILES string of the molecule is C[C@@]12CC[C@@H]3[C@H](CC[C@@]4(O)C[C@H](O)CC[C@@]34C=O)[C@]1(O)CC[C@H]2C1=CC(=O)OC1. The normalized spacial score (nSPS) is 54.1. The van der Waals surface area contributed by atoms with Crippen LogP contribution in [0.3, 0.4) is 0 Å². The summed E-state index contributed by atoms with van der Waals surface area (Å²) in [5.74, 6) is -0.304. The molecule has 0 aromatic heterocycles. The summed E-state index contributed by atoms with van der Waals surface area (Å²) in [5.41, 5.74) is -2.34. The van der Waals surface area contributed by atoms with Gasteiger partial charge in [0.2, 0.25) is 0 Å². The van der Waals surface area contributed by atoms with E-state index < -0.39 is 22.7 Å². The molecule has 3 N–H and O–H groups in total. The van der Waals surface area contributed by atoms with E-state index in [4.69, 9.17) is 4.74 Å². The Kier molecular flexibility index (Phi) is 4.18. The van der Waals surface area contributed by atoms with E-state index in [-0.39, 0.29) is 35.6 Å². The largest absolute Gasteiger partial charge is 0.458 e. The molecule has 4 saturated carbocycles. The minimum Gasteiger partial charge on any atom is -0.458 e. The minimum atomic E-state index is -1.18. The average Bonchev–Trinajstić information content (AvgIpc) is 3.21. The number of aldehydes is 1. The number of rotatable bonds is 2. The maximum atomic E-state index is 12.5. The highest BCUT2D eigenvalue weighted by molar-refractivity contribution is 5.85. The van der Waals surface area contributed by atoms with Gasteiger partial charge in [-0.2, -0.15) is 0 Å². The Morgan fingerprint density at radius 2 is 1.83 bits per heavy atom. The molecule has 4 fully saturated rings. The fraction of sp³-hybridized carbons (Fsp3) is 0.826. The third kappa shape index (κ3) is 2.34. The van der Waals surface area contributed by atoms with E-state index in [9.17, 15) is 24.9 Å². The van der Waals surface area contributed by atoms with Crippen LogP contribution in [0, 0.1) is 28.6 Å². The smallest absolute Gasteiger partial charge is 0.331 e. The second-order valence-electron chi connectivity index (χ2n) is 10.6. The Morgan fingerprint density at radius 3 is 2.52 bits per heavy atom. The van der Waals surface area contributed by atoms with Gasteiger partial charge in [-0.1, -0.05) is 6.92 Å². The third-order valence-corrected chi connectivity index (χ3v) is 9.85. The summed E-state index contributed by atoms with van der Waals surface area (Å²) >= 11 is 0. The van der Waals surface area contributed by atoms with Crippen LogP contribution in [0.5, 0.6) is 0 Å². The van der Waals surface area contributed by atoms with Crippen molar-refractivity contribution >= 4 is 12.3 Å². The van der Waals surface area contributed by atoms with Gasteiger partial charge in [0.25, 0.3) is 0 Å². The number of cyclic esters (lactones) is 1. The van der Waals surface area contributed by atoms with Crippen molar-refractivity contribution in [2.45, 2.75) is 82.0 Å². The number of carbonyl (C=O) groups excluding carboxylic acids is 2. The van der Waals surface area contributed by atoms with Gasteiger partial charge in [-0.25, -0.2) is 4.79 Å². The first-order valence-electron chi connectivity index (χ1n) is 11.2. The Balaban J connectivity index is 1.52. The lowest BCUT2D eigenvalue weighted by atomic mass is 9.41. The van der Waals surface area contributed by atoms with Crippen LogP contribution < -0.4 is 0 Å². The van der Waals surface area contributed by atoms with E-state index in [0.29, 0.717) is 38.7 Å². The summed E-state index contributed by atoms with van der Waals surface area (Å²) < 4.78 is 5.15. The number of aliphatic hydroxyl groups is 3. The molecule has 0 spiro atoms. The first kappa shape index (κ1) is 19.7. The summed E-state index contributed by atoms with van der Waals surface area (Å²) in [7, 11) is 0. The highest BCUT2D eigenvalue weighted by atomic mass is 16.5. The van der Waals surface area contributed by atoms with Crippen molar-refractivity contribution in [3.05, 3.63) is 11.6 Å². The number of carbonyl (C=O) groups is 2. The van der Waals surface area contributed by atoms with Crippen molar-refractivity contribution in [2.24, 2.45) is 28.6 Å². The van der Waals surface area contributed by atoms with Gasteiger partial charge >= 0.3 is 5.97 Å². The molecule has 29 heavy (non-hydrogen) atoms. The predicted molar refractivity (Wildman–Crippen MR) is 104 cm³/mol. The summed E-state index contributed by atoms with van der Waals surface area (Å²) in [6.45, 7) is 2.46. The van der Waals surface area contributed by atoms with Crippen LogP contribution in [-0.2, 0) is 14.3 Å². The van der Waals surface area contributed by atoms with E-state index in [1.807, 2.05) is 0 Å². The number of hydrogen-bond acceptors (Lipinski definition) is 6. The fourth-order valence-corrected chi connectivity index (χ4v) is 8.34. The topological polar surface area (TPSA) is 104 Å². The molecule has 0 aromatic rings. The lowest BCUT2D eigenvalue weighted by molar-refractivity contribution is -0.248. The lowest BCUT2D eigenvalue weighted by Gasteiger charge is -2.65. The van der Waals surface area contributed by atoms with Crippen LogP contribution in [0.15, 0.2) is 11.6 Å². The number of ether oxygens (including phenoxy) is 1. The van der Waals surface area contributed by atoms with Crippen molar-refractivity contribution in [3.8, 4) is 0 Å². The van der Waals surface area contributed by atoms with E-state index in [1.54, 1.807) is 6.08 Å². The van der Waals surface area contributed by atoms with Gasteiger partial charge < -0.3 is 24.9 Å². The molecule has 5 aliphatic rings. The molecule has 6 heteroatoms. The van der Waals surface area contributed by atoms with Crippen LogP contribution in [0.4, 0.5) is 0 Å². The molecule has 0 unspecified atom stereocenters. The summed E-state index contributed by atoms with van der Waals surface area (Å²) in [6.07, 6.45) is 7.36. The van der Waals surface area contributed by atoms with Crippen LogP contribution in [0.1, 0.15) is 64.7 Å². The fourth-order valence-electron chi connectivity index (χ4n) is 8.34. The first-order chi connectivity index (χ1) is 13.7.